The van der Waals surface area contributed by atoms with Crippen molar-refractivity contribution in [2.75, 3.05) is 20.2 Å². The molecule has 1 aliphatic rings. The van der Waals surface area contributed by atoms with Crippen molar-refractivity contribution >= 4 is 21.8 Å². The third-order valence-corrected chi connectivity index (χ3v) is 4.43. The Hall–Kier alpha value is -1.07. The molecule has 4 nitrogen and oxygen atoms in total. The van der Waals surface area contributed by atoms with Gasteiger partial charge in [0, 0.05) is 35.2 Å². The number of halogens is 1. The molecule has 1 saturated heterocycles. The fraction of sp³-hybridized carbons (Fsp3) is 0.533. The maximum Gasteiger partial charge on any atom is 0.227 e. The number of carbonyl (C=O) groups is 1. The van der Waals surface area contributed by atoms with Gasteiger partial charge in [0.05, 0.1) is 13.5 Å². The Balaban J connectivity index is 2.13. The minimum absolute atomic E-state index is 0.155. The molecule has 2 unspecified atom stereocenters. The lowest BCUT2D eigenvalue weighted by Gasteiger charge is -2.38. The molecule has 0 radical (unpaired) electrons. The minimum Gasteiger partial charge on any atom is -0.496 e. The molecule has 0 spiro atoms. The topological polar surface area (TPSA) is 41.6 Å². The molecule has 1 amide bonds. The second-order valence-corrected chi connectivity index (χ2v) is 6.12. The van der Waals surface area contributed by atoms with Crippen LogP contribution in [0.1, 0.15) is 19.4 Å². The van der Waals surface area contributed by atoms with Gasteiger partial charge in [0.2, 0.25) is 5.91 Å². The first-order valence-corrected chi connectivity index (χ1v) is 7.67. The number of nitrogens with one attached hydrogen (secondary N) is 1. The molecule has 1 aromatic rings. The highest BCUT2D eigenvalue weighted by Gasteiger charge is 2.28. The normalized spacial score (nSPS) is 22.7. The van der Waals surface area contributed by atoms with Crippen LogP contribution in [0, 0.1) is 0 Å². The Morgan fingerprint density at radius 2 is 2.25 bits per heavy atom. The zero-order chi connectivity index (χ0) is 14.7. The van der Waals surface area contributed by atoms with Crippen molar-refractivity contribution < 1.29 is 9.53 Å². The van der Waals surface area contributed by atoms with E-state index in [4.69, 9.17) is 4.74 Å². The number of piperazine rings is 1. The first-order valence-electron chi connectivity index (χ1n) is 6.88. The third kappa shape index (κ3) is 3.33. The Kier molecular flexibility index (Phi) is 5.05. The van der Waals surface area contributed by atoms with E-state index in [1.807, 2.05) is 23.1 Å². The maximum atomic E-state index is 12.5. The number of carbonyl (C=O) groups excluding carboxylic acids is 1. The first kappa shape index (κ1) is 15.3. The van der Waals surface area contributed by atoms with Crippen LogP contribution < -0.4 is 10.1 Å². The number of benzene rings is 1. The van der Waals surface area contributed by atoms with Crippen molar-refractivity contribution in [3.63, 3.8) is 0 Å². The second kappa shape index (κ2) is 6.59. The van der Waals surface area contributed by atoms with E-state index in [1.54, 1.807) is 7.11 Å². The Morgan fingerprint density at radius 3 is 2.95 bits per heavy atom. The highest BCUT2D eigenvalue weighted by atomic mass is 79.9. The van der Waals surface area contributed by atoms with Crippen LogP contribution in [-0.2, 0) is 11.2 Å². The predicted molar refractivity (Wildman–Crippen MR) is 83.0 cm³/mol. The molecule has 2 rings (SSSR count). The van der Waals surface area contributed by atoms with Gasteiger partial charge in [-0.15, -0.1) is 0 Å². The van der Waals surface area contributed by atoms with Crippen LogP contribution in [0.25, 0.3) is 0 Å². The van der Waals surface area contributed by atoms with Crippen LogP contribution >= 0.6 is 15.9 Å². The number of hydrogen-bond donors (Lipinski definition) is 1. The number of nitrogens with zero attached hydrogens (tertiary/aromatic N) is 1. The SMILES string of the molecule is COc1ccc(Br)cc1CC(=O)N1CCNC(C)C1C. The molecule has 1 aliphatic heterocycles. The third-order valence-electron chi connectivity index (χ3n) is 3.94. The standard InChI is InChI=1S/C15H21BrN2O2/c1-10-11(2)18(7-6-17-10)15(19)9-12-8-13(16)4-5-14(12)20-3/h4-5,8,10-11,17H,6-7,9H2,1-3H3. The maximum absolute atomic E-state index is 12.5. The summed E-state index contributed by atoms with van der Waals surface area (Å²) in [6.45, 7) is 5.82. The average Bonchev–Trinajstić information content (AvgIpc) is 2.42. The highest BCUT2D eigenvalue weighted by molar-refractivity contribution is 9.10. The molecule has 110 valence electrons. The number of amides is 1. The molecular formula is C15H21BrN2O2. The lowest BCUT2D eigenvalue weighted by atomic mass is 10.0. The summed E-state index contributed by atoms with van der Waals surface area (Å²) in [7, 11) is 1.63. The number of ether oxygens (including phenoxy) is 1. The summed E-state index contributed by atoms with van der Waals surface area (Å²) in [4.78, 5) is 14.5. The molecule has 1 aromatic carbocycles. The highest BCUT2D eigenvalue weighted by Crippen LogP contribution is 2.24. The Labute approximate surface area is 128 Å². The van der Waals surface area contributed by atoms with Crippen LogP contribution in [0.2, 0.25) is 0 Å². The van der Waals surface area contributed by atoms with E-state index in [-0.39, 0.29) is 11.9 Å². The summed E-state index contributed by atoms with van der Waals surface area (Å²) in [5.74, 6) is 0.916. The average molecular weight is 341 g/mol. The van der Waals surface area contributed by atoms with Crippen molar-refractivity contribution in [2.45, 2.75) is 32.4 Å². The molecule has 1 N–H and O–H groups in total. The molecule has 0 saturated carbocycles. The van der Waals surface area contributed by atoms with Gasteiger partial charge in [-0.3, -0.25) is 4.79 Å². The molecule has 5 heteroatoms. The fourth-order valence-electron chi connectivity index (χ4n) is 2.56. The van der Waals surface area contributed by atoms with E-state index >= 15 is 0 Å². The van der Waals surface area contributed by atoms with E-state index in [0.717, 1.165) is 28.9 Å². The van der Waals surface area contributed by atoms with Gasteiger partial charge in [-0.25, -0.2) is 0 Å². The number of hydrogen-bond acceptors (Lipinski definition) is 3. The molecule has 0 aromatic heterocycles. The Bertz CT molecular complexity index is 493. The van der Waals surface area contributed by atoms with Gasteiger partial charge in [0.1, 0.15) is 5.75 Å². The minimum atomic E-state index is 0.155. The molecule has 2 atom stereocenters. The van der Waals surface area contributed by atoms with Crippen molar-refractivity contribution in [3.8, 4) is 5.75 Å². The van der Waals surface area contributed by atoms with Crippen LogP contribution in [0.5, 0.6) is 5.75 Å². The van der Waals surface area contributed by atoms with Crippen LogP contribution in [0.3, 0.4) is 0 Å². The largest absolute Gasteiger partial charge is 0.496 e. The molecule has 20 heavy (non-hydrogen) atoms. The van der Waals surface area contributed by atoms with Gasteiger partial charge in [0.15, 0.2) is 0 Å². The van der Waals surface area contributed by atoms with Gasteiger partial charge in [0.25, 0.3) is 0 Å². The van der Waals surface area contributed by atoms with Gasteiger partial charge in [-0.05, 0) is 32.0 Å². The number of methoxy groups -OCH3 is 1. The van der Waals surface area contributed by atoms with Crippen LogP contribution in [0.4, 0.5) is 0 Å². The molecule has 0 bridgehead atoms. The van der Waals surface area contributed by atoms with Gasteiger partial charge in [-0.2, -0.15) is 0 Å². The summed E-state index contributed by atoms with van der Waals surface area (Å²) >= 11 is 3.44. The Morgan fingerprint density at radius 1 is 1.50 bits per heavy atom. The van der Waals surface area contributed by atoms with E-state index < -0.39 is 0 Å². The molecule has 0 aliphatic carbocycles. The van der Waals surface area contributed by atoms with Crippen molar-refractivity contribution in [3.05, 3.63) is 28.2 Å². The summed E-state index contributed by atoms with van der Waals surface area (Å²) in [6, 6.07) is 6.30. The summed E-state index contributed by atoms with van der Waals surface area (Å²) in [6.07, 6.45) is 0.375. The summed E-state index contributed by atoms with van der Waals surface area (Å²) in [5, 5.41) is 3.39. The zero-order valence-corrected chi connectivity index (χ0v) is 13.7. The summed E-state index contributed by atoms with van der Waals surface area (Å²) in [5.41, 5.74) is 0.922. The zero-order valence-electron chi connectivity index (χ0n) is 12.1. The van der Waals surface area contributed by atoms with Gasteiger partial charge in [-0.1, -0.05) is 15.9 Å². The molecule has 1 fully saturated rings. The summed E-state index contributed by atoms with van der Waals surface area (Å²) < 4.78 is 6.29. The van der Waals surface area contributed by atoms with Crippen LogP contribution in [-0.4, -0.2) is 43.1 Å². The predicted octanol–water partition coefficient (Wildman–Crippen LogP) is 2.21. The van der Waals surface area contributed by atoms with Gasteiger partial charge >= 0.3 is 0 Å². The van der Waals surface area contributed by atoms with E-state index in [2.05, 4.69) is 35.1 Å². The van der Waals surface area contributed by atoms with Crippen molar-refractivity contribution in [2.24, 2.45) is 0 Å². The van der Waals surface area contributed by atoms with E-state index in [0.29, 0.717) is 12.5 Å². The van der Waals surface area contributed by atoms with Crippen LogP contribution in [0.15, 0.2) is 22.7 Å². The number of rotatable bonds is 3. The monoisotopic (exact) mass is 340 g/mol. The fourth-order valence-corrected chi connectivity index (χ4v) is 2.97. The van der Waals surface area contributed by atoms with Crippen molar-refractivity contribution in [1.82, 2.24) is 10.2 Å². The van der Waals surface area contributed by atoms with E-state index in [1.165, 1.54) is 0 Å². The quantitative estimate of drug-likeness (QED) is 0.917. The second-order valence-electron chi connectivity index (χ2n) is 5.20. The van der Waals surface area contributed by atoms with Gasteiger partial charge < -0.3 is 15.0 Å². The smallest absolute Gasteiger partial charge is 0.227 e. The lowest BCUT2D eigenvalue weighted by Crippen LogP contribution is -2.57. The lowest BCUT2D eigenvalue weighted by molar-refractivity contribution is -0.134. The first-order chi connectivity index (χ1) is 9.52. The van der Waals surface area contributed by atoms with E-state index in [9.17, 15) is 4.79 Å². The molecular weight excluding hydrogens is 320 g/mol. The van der Waals surface area contributed by atoms with Crippen molar-refractivity contribution in [1.29, 1.82) is 0 Å². The molecule has 1 heterocycles.